The quantitative estimate of drug-likeness (QED) is 0.405. The number of nitrogens with one attached hydrogen (secondary N) is 1. The van der Waals surface area contributed by atoms with Gasteiger partial charge in [0.2, 0.25) is 0 Å². The van der Waals surface area contributed by atoms with Crippen LogP contribution in [0.5, 0.6) is 0 Å². The molecule has 1 saturated carbocycles. The van der Waals surface area contributed by atoms with Gasteiger partial charge in [0.05, 0.1) is 22.1 Å². The van der Waals surface area contributed by atoms with E-state index in [1.54, 1.807) is 0 Å². The maximum Gasteiger partial charge on any atom is 0.418 e. The van der Waals surface area contributed by atoms with Crippen molar-refractivity contribution in [1.82, 2.24) is 0 Å². The fourth-order valence-corrected chi connectivity index (χ4v) is 3.63. The van der Waals surface area contributed by atoms with Crippen molar-refractivity contribution < 1.29 is 32.4 Å². The van der Waals surface area contributed by atoms with Gasteiger partial charge in [-0.05, 0) is 43.1 Å². The SMILES string of the molecule is CC(C)(C)C1CCC(C(=O)OCC(=O)Nc2ccc([N+](=O)[O-])cc2C(F)(F)F)CC1. The minimum absolute atomic E-state index is 0.149. The number of esters is 1. The summed E-state index contributed by atoms with van der Waals surface area (Å²) in [4.78, 5) is 33.9. The molecular weight excluding hydrogens is 405 g/mol. The number of benzene rings is 1. The summed E-state index contributed by atoms with van der Waals surface area (Å²) in [5, 5.41) is 12.7. The van der Waals surface area contributed by atoms with E-state index in [1.807, 2.05) is 5.32 Å². The number of alkyl halides is 3. The van der Waals surface area contributed by atoms with Crippen molar-refractivity contribution in [2.75, 3.05) is 11.9 Å². The van der Waals surface area contributed by atoms with Crippen LogP contribution in [0.15, 0.2) is 18.2 Å². The first kappa shape index (κ1) is 23.6. The van der Waals surface area contributed by atoms with E-state index in [1.165, 1.54) is 0 Å². The number of hydrogen-bond acceptors (Lipinski definition) is 5. The van der Waals surface area contributed by atoms with Gasteiger partial charge in [-0.1, -0.05) is 20.8 Å². The van der Waals surface area contributed by atoms with E-state index in [0.29, 0.717) is 24.8 Å². The first-order valence-corrected chi connectivity index (χ1v) is 9.61. The molecule has 7 nitrogen and oxygen atoms in total. The number of non-ortho nitro benzene ring substituents is 1. The zero-order chi connectivity index (χ0) is 22.7. The van der Waals surface area contributed by atoms with E-state index in [0.717, 1.165) is 25.0 Å². The highest BCUT2D eigenvalue weighted by atomic mass is 19.4. The van der Waals surface area contributed by atoms with Crippen LogP contribution < -0.4 is 5.32 Å². The van der Waals surface area contributed by atoms with Gasteiger partial charge in [0.25, 0.3) is 11.6 Å². The van der Waals surface area contributed by atoms with Crippen LogP contribution in [0.1, 0.15) is 52.0 Å². The Hall–Kier alpha value is -2.65. The maximum absolute atomic E-state index is 13.2. The molecule has 166 valence electrons. The number of rotatable bonds is 5. The number of anilines is 1. The molecule has 0 radical (unpaired) electrons. The third kappa shape index (κ3) is 6.17. The molecule has 1 aromatic rings. The molecule has 0 bridgehead atoms. The molecule has 0 atom stereocenters. The van der Waals surface area contributed by atoms with Gasteiger partial charge in [0.1, 0.15) is 0 Å². The van der Waals surface area contributed by atoms with E-state index in [-0.39, 0.29) is 11.3 Å². The van der Waals surface area contributed by atoms with Crippen LogP contribution >= 0.6 is 0 Å². The first-order chi connectivity index (χ1) is 13.8. The highest BCUT2D eigenvalue weighted by Crippen LogP contribution is 2.40. The molecule has 1 aliphatic rings. The van der Waals surface area contributed by atoms with Crippen LogP contribution in [0.4, 0.5) is 24.5 Å². The van der Waals surface area contributed by atoms with Gasteiger partial charge in [-0.15, -0.1) is 0 Å². The third-order valence-corrected chi connectivity index (χ3v) is 5.42. The summed E-state index contributed by atoms with van der Waals surface area (Å²) < 4.78 is 44.4. The van der Waals surface area contributed by atoms with Crippen LogP contribution in [-0.2, 0) is 20.5 Å². The van der Waals surface area contributed by atoms with Crippen molar-refractivity contribution in [3.63, 3.8) is 0 Å². The molecule has 0 aromatic heterocycles. The van der Waals surface area contributed by atoms with E-state index in [2.05, 4.69) is 20.8 Å². The van der Waals surface area contributed by atoms with Crippen LogP contribution in [0.2, 0.25) is 0 Å². The zero-order valence-electron chi connectivity index (χ0n) is 17.0. The van der Waals surface area contributed by atoms with Gasteiger partial charge in [-0.3, -0.25) is 19.7 Å². The monoisotopic (exact) mass is 430 g/mol. The van der Waals surface area contributed by atoms with Gasteiger partial charge >= 0.3 is 12.1 Å². The average molecular weight is 430 g/mol. The van der Waals surface area contributed by atoms with Crippen LogP contribution in [0.25, 0.3) is 0 Å². The van der Waals surface area contributed by atoms with E-state index < -0.39 is 46.5 Å². The number of amides is 1. The molecule has 10 heteroatoms. The van der Waals surface area contributed by atoms with Gasteiger partial charge in [-0.25, -0.2) is 0 Å². The van der Waals surface area contributed by atoms with E-state index in [4.69, 9.17) is 4.74 Å². The summed E-state index contributed by atoms with van der Waals surface area (Å²) in [6, 6.07) is 1.99. The predicted molar refractivity (Wildman–Crippen MR) is 103 cm³/mol. The number of carbonyl (C=O) groups excluding carboxylic acids is 2. The Labute approximate surface area is 172 Å². The Balaban J connectivity index is 1.94. The van der Waals surface area contributed by atoms with Gasteiger partial charge in [0.15, 0.2) is 6.61 Å². The first-order valence-electron chi connectivity index (χ1n) is 9.61. The molecule has 1 amide bonds. The lowest BCUT2D eigenvalue weighted by molar-refractivity contribution is -0.385. The summed E-state index contributed by atoms with van der Waals surface area (Å²) in [5.41, 5.74) is -2.59. The number of halogens is 3. The summed E-state index contributed by atoms with van der Waals surface area (Å²) >= 11 is 0. The molecule has 0 unspecified atom stereocenters. The lowest BCUT2D eigenvalue weighted by Gasteiger charge is -2.36. The fourth-order valence-electron chi connectivity index (χ4n) is 3.63. The van der Waals surface area contributed by atoms with Crippen molar-refractivity contribution >= 4 is 23.3 Å². The fraction of sp³-hybridized carbons (Fsp3) is 0.600. The molecule has 30 heavy (non-hydrogen) atoms. The Morgan fingerprint density at radius 2 is 1.77 bits per heavy atom. The van der Waals surface area contributed by atoms with Crippen LogP contribution in [0, 0.1) is 27.4 Å². The number of carbonyl (C=O) groups is 2. The summed E-state index contributed by atoms with van der Waals surface area (Å²) in [6.45, 7) is 5.71. The molecule has 0 heterocycles. The average Bonchev–Trinajstić information content (AvgIpc) is 2.64. The highest BCUT2D eigenvalue weighted by Gasteiger charge is 2.36. The molecule has 1 aliphatic carbocycles. The predicted octanol–water partition coefficient (Wildman–Crippen LogP) is 4.95. The Bertz CT molecular complexity index is 810. The normalized spacial score (nSPS) is 19.8. The lowest BCUT2D eigenvalue weighted by Crippen LogP contribution is -2.31. The summed E-state index contributed by atoms with van der Waals surface area (Å²) in [7, 11) is 0. The number of nitro benzene ring substituents is 1. The summed E-state index contributed by atoms with van der Waals surface area (Å²) in [5.74, 6) is -1.34. The van der Waals surface area contributed by atoms with Crippen molar-refractivity contribution in [3.8, 4) is 0 Å². The Morgan fingerprint density at radius 3 is 2.27 bits per heavy atom. The molecule has 1 N–H and O–H groups in total. The molecule has 0 spiro atoms. The molecule has 0 aliphatic heterocycles. The second kappa shape index (κ2) is 9.01. The van der Waals surface area contributed by atoms with Crippen LogP contribution in [0.3, 0.4) is 0 Å². The molecule has 1 fully saturated rings. The minimum Gasteiger partial charge on any atom is -0.455 e. The summed E-state index contributed by atoms with van der Waals surface area (Å²) in [6.07, 6.45) is -1.89. The molecular formula is C20H25F3N2O5. The number of hydrogen-bond donors (Lipinski definition) is 1. The topological polar surface area (TPSA) is 98.5 Å². The van der Waals surface area contributed by atoms with Crippen molar-refractivity contribution in [2.24, 2.45) is 17.3 Å². The smallest absolute Gasteiger partial charge is 0.418 e. The third-order valence-electron chi connectivity index (χ3n) is 5.42. The number of nitro groups is 1. The van der Waals surface area contributed by atoms with Crippen molar-refractivity contribution in [1.29, 1.82) is 0 Å². The van der Waals surface area contributed by atoms with Crippen molar-refractivity contribution in [2.45, 2.75) is 52.6 Å². The van der Waals surface area contributed by atoms with Crippen LogP contribution in [-0.4, -0.2) is 23.4 Å². The van der Waals surface area contributed by atoms with Crippen molar-refractivity contribution in [3.05, 3.63) is 33.9 Å². The Morgan fingerprint density at radius 1 is 1.17 bits per heavy atom. The largest absolute Gasteiger partial charge is 0.455 e. The molecule has 0 saturated heterocycles. The highest BCUT2D eigenvalue weighted by molar-refractivity contribution is 5.93. The van der Waals surface area contributed by atoms with Gasteiger partial charge in [-0.2, -0.15) is 13.2 Å². The second-order valence-electron chi connectivity index (χ2n) is 8.56. The van der Waals surface area contributed by atoms with E-state index >= 15 is 0 Å². The number of nitrogens with zero attached hydrogens (tertiary/aromatic N) is 1. The molecule has 1 aromatic carbocycles. The maximum atomic E-state index is 13.2. The minimum atomic E-state index is -4.91. The zero-order valence-corrected chi connectivity index (χ0v) is 17.0. The van der Waals surface area contributed by atoms with E-state index in [9.17, 15) is 32.9 Å². The standard InChI is InChI=1S/C20H25F3N2O5/c1-19(2,3)13-6-4-12(5-7-13)18(27)30-11-17(26)24-16-9-8-14(25(28)29)10-15(16)20(21,22)23/h8-10,12-13H,4-7,11H2,1-3H3,(H,24,26). The molecule has 2 rings (SSSR count). The second-order valence-corrected chi connectivity index (χ2v) is 8.56. The van der Waals surface area contributed by atoms with Gasteiger partial charge < -0.3 is 10.1 Å². The lowest BCUT2D eigenvalue weighted by atomic mass is 9.70. The van der Waals surface area contributed by atoms with Gasteiger partial charge in [0, 0.05) is 12.1 Å². The Kier molecular flexibility index (Phi) is 7.10. The number of ether oxygens (including phenoxy) is 1.